The maximum absolute atomic E-state index is 12.0. The normalized spacial score (nSPS) is 10.4. The first kappa shape index (κ1) is 13.8. The second-order valence-electron chi connectivity index (χ2n) is 4.31. The fourth-order valence-electron chi connectivity index (χ4n) is 1.90. The van der Waals surface area contributed by atoms with Gasteiger partial charge in [0.2, 0.25) is 11.8 Å². The molecule has 2 aromatic rings. The molecular formula is C14H14N2O4. The fraction of sp³-hybridized carbons (Fsp3) is 0.214. The monoisotopic (exact) mass is 274 g/mol. The van der Waals surface area contributed by atoms with Gasteiger partial charge in [-0.15, -0.1) is 0 Å². The van der Waals surface area contributed by atoms with Gasteiger partial charge in [-0.05, 0) is 12.1 Å². The first-order valence-electron chi connectivity index (χ1n) is 6.15. The molecule has 2 N–H and O–H groups in total. The van der Waals surface area contributed by atoms with Crippen molar-refractivity contribution in [2.75, 3.05) is 6.54 Å². The molecule has 1 aromatic heterocycles. The number of aliphatic carboxylic acids is 1. The zero-order chi connectivity index (χ0) is 14.5. The van der Waals surface area contributed by atoms with Crippen LogP contribution in [0.5, 0.6) is 0 Å². The predicted molar refractivity (Wildman–Crippen MR) is 72.4 cm³/mol. The summed E-state index contributed by atoms with van der Waals surface area (Å²) >= 11 is 0. The summed E-state index contributed by atoms with van der Waals surface area (Å²) in [5.74, 6) is -1.75. The van der Waals surface area contributed by atoms with Crippen molar-refractivity contribution in [2.24, 2.45) is 0 Å². The van der Waals surface area contributed by atoms with Gasteiger partial charge < -0.3 is 10.4 Å². The Hall–Kier alpha value is -2.63. The van der Waals surface area contributed by atoms with E-state index in [-0.39, 0.29) is 18.7 Å². The lowest BCUT2D eigenvalue weighted by atomic mass is 10.2. The molecule has 1 amide bonds. The summed E-state index contributed by atoms with van der Waals surface area (Å²) in [4.78, 5) is 33.7. The number of aromatic nitrogens is 1. The quantitative estimate of drug-likeness (QED) is 0.859. The van der Waals surface area contributed by atoms with Gasteiger partial charge in [0.25, 0.3) is 0 Å². The third kappa shape index (κ3) is 3.23. The van der Waals surface area contributed by atoms with Crippen LogP contribution in [0.25, 0.3) is 10.9 Å². The van der Waals surface area contributed by atoms with Crippen LogP contribution in [0.2, 0.25) is 0 Å². The molecule has 104 valence electrons. The van der Waals surface area contributed by atoms with E-state index in [9.17, 15) is 14.4 Å². The van der Waals surface area contributed by atoms with Gasteiger partial charge in [0, 0.05) is 24.4 Å². The first-order valence-corrected chi connectivity index (χ1v) is 6.15. The Morgan fingerprint density at radius 1 is 1.10 bits per heavy atom. The average molecular weight is 274 g/mol. The lowest BCUT2D eigenvalue weighted by Gasteiger charge is -2.04. The van der Waals surface area contributed by atoms with Crippen LogP contribution in [0, 0.1) is 0 Å². The Bertz CT molecular complexity index is 660. The van der Waals surface area contributed by atoms with Gasteiger partial charge >= 0.3 is 5.97 Å². The first-order chi connectivity index (χ1) is 9.58. The molecule has 20 heavy (non-hydrogen) atoms. The third-order valence-corrected chi connectivity index (χ3v) is 2.87. The molecule has 0 saturated heterocycles. The molecule has 0 aliphatic rings. The molecule has 0 aliphatic carbocycles. The number of carboxylic acid groups (broad SMARTS) is 1. The molecule has 1 aromatic carbocycles. The van der Waals surface area contributed by atoms with Gasteiger partial charge in [0.15, 0.2) is 0 Å². The zero-order valence-electron chi connectivity index (χ0n) is 10.7. The van der Waals surface area contributed by atoms with Crippen LogP contribution in [0.1, 0.15) is 17.6 Å². The number of hydrogen-bond acceptors (Lipinski definition) is 3. The standard InChI is InChI=1S/C14H14N2O4/c17-12(15-9-14(19)20)5-6-13(18)16-8-7-10-3-1-2-4-11(10)16/h1-4,7-8H,5-6,9H2,(H,15,17)(H,19,20). The van der Waals surface area contributed by atoms with Gasteiger partial charge in [-0.1, -0.05) is 18.2 Å². The van der Waals surface area contributed by atoms with Crippen LogP contribution >= 0.6 is 0 Å². The van der Waals surface area contributed by atoms with E-state index < -0.39 is 18.4 Å². The van der Waals surface area contributed by atoms with Crippen molar-refractivity contribution in [3.05, 3.63) is 36.5 Å². The number of nitrogens with zero attached hydrogens (tertiary/aromatic N) is 1. The number of carbonyl (C=O) groups excluding carboxylic acids is 2. The minimum atomic E-state index is -1.11. The van der Waals surface area contributed by atoms with E-state index in [1.54, 1.807) is 6.20 Å². The van der Waals surface area contributed by atoms with Gasteiger partial charge in [0.05, 0.1) is 5.52 Å². The molecule has 0 radical (unpaired) electrons. The molecule has 0 aliphatic heterocycles. The highest BCUT2D eigenvalue weighted by atomic mass is 16.4. The third-order valence-electron chi connectivity index (χ3n) is 2.87. The molecule has 0 unspecified atom stereocenters. The Labute approximate surface area is 115 Å². The van der Waals surface area contributed by atoms with Gasteiger partial charge in [-0.2, -0.15) is 0 Å². The van der Waals surface area contributed by atoms with Crippen molar-refractivity contribution in [3.63, 3.8) is 0 Å². The second kappa shape index (κ2) is 6.01. The number of amides is 1. The maximum Gasteiger partial charge on any atom is 0.322 e. The Morgan fingerprint density at radius 2 is 1.85 bits per heavy atom. The summed E-state index contributed by atoms with van der Waals surface area (Å²) in [6.07, 6.45) is 1.67. The zero-order valence-corrected chi connectivity index (χ0v) is 10.7. The Morgan fingerprint density at radius 3 is 2.60 bits per heavy atom. The number of carbonyl (C=O) groups is 3. The van der Waals surface area contributed by atoms with E-state index in [2.05, 4.69) is 5.32 Å². The van der Waals surface area contributed by atoms with Gasteiger partial charge in [-0.25, -0.2) is 0 Å². The summed E-state index contributed by atoms with van der Waals surface area (Å²) in [5.41, 5.74) is 0.795. The average Bonchev–Trinajstić information content (AvgIpc) is 2.86. The molecule has 0 bridgehead atoms. The Balaban J connectivity index is 1.95. The SMILES string of the molecule is O=C(O)CNC(=O)CCC(=O)n1ccc2ccccc21. The van der Waals surface area contributed by atoms with Crippen molar-refractivity contribution in [1.29, 1.82) is 0 Å². The molecule has 0 spiro atoms. The number of rotatable bonds is 5. The van der Waals surface area contributed by atoms with E-state index in [0.717, 1.165) is 10.9 Å². The lowest BCUT2D eigenvalue weighted by Crippen LogP contribution is -2.29. The number of carboxylic acids is 1. The van der Waals surface area contributed by atoms with E-state index in [4.69, 9.17) is 5.11 Å². The molecule has 0 atom stereocenters. The lowest BCUT2D eigenvalue weighted by molar-refractivity contribution is -0.137. The highest BCUT2D eigenvalue weighted by Gasteiger charge is 2.11. The van der Waals surface area contributed by atoms with Crippen molar-refractivity contribution in [1.82, 2.24) is 9.88 Å². The number of para-hydroxylation sites is 1. The van der Waals surface area contributed by atoms with E-state index >= 15 is 0 Å². The highest BCUT2D eigenvalue weighted by Crippen LogP contribution is 2.15. The molecule has 1 heterocycles. The molecular weight excluding hydrogens is 260 g/mol. The molecule has 2 rings (SSSR count). The molecule has 0 fully saturated rings. The number of nitrogens with one attached hydrogen (secondary N) is 1. The van der Waals surface area contributed by atoms with Crippen molar-refractivity contribution >= 4 is 28.7 Å². The maximum atomic E-state index is 12.0. The minimum Gasteiger partial charge on any atom is -0.480 e. The van der Waals surface area contributed by atoms with Gasteiger partial charge in [-0.3, -0.25) is 19.0 Å². The smallest absolute Gasteiger partial charge is 0.322 e. The summed E-state index contributed by atoms with van der Waals surface area (Å²) in [6.45, 7) is -0.431. The van der Waals surface area contributed by atoms with Crippen LogP contribution < -0.4 is 5.32 Å². The molecule has 6 heteroatoms. The predicted octanol–water partition coefficient (Wildman–Crippen LogP) is 1.26. The van der Waals surface area contributed by atoms with Crippen molar-refractivity contribution in [2.45, 2.75) is 12.8 Å². The highest BCUT2D eigenvalue weighted by molar-refractivity contribution is 5.94. The van der Waals surface area contributed by atoms with Crippen LogP contribution in [0.15, 0.2) is 36.5 Å². The molecule has 6 nitrogen and oxygen atoms in total. The van der Waals surface area contributed by atoms with Crippen molar-refractivity contribution < 1.29 is 19.5 Å². The largest absolute Gasteiger partial charge is 0.480 e. The fourth-order valence-corrected chi connectivity index (χ4v) is 1.90. The number of hydrogen-bond donors (Lipinski definition) is 2. The summed E-state index contributed by atoms with van der Waals surface area (Å²) in [6, 6.07) is 9.29. The van der Waals surface area contributed by atoms with E-state index in [0.29, 0.717) is 0 Å². The topological polar surface area (TPSA) is 88.4 Å². The van der Waals surface area contributed by atoms with Crippen LogP contribution in [-0.2, 0) is 9.59 Å². The molecule has 0 saturated carbocycles. The summed E-state index contributed by atoms with van der Waals surface area (Å²) < 4.78 is 1.50. The van der Waals surface area contributed by atoms with E-state index in [1.165, 1.54) is 4.57 Å². The Kier molecular flexibility index (Phi) is 4.14. The minimum absolute atomic E-state index is 0.0291. The summed E-state index contributed by atoms with van der Waals surface area (Å²) in [5, 5.41) is 11.6. The summed E-state index contributed by atoms with van der Waals surface area (Å²) in [7, 11) is 0. The number of fused-ring (bicyclic) bond motifs is 1. The number of benzene rings is 1. The van der Waals surface area contributed by atoms with Crippen molar-refractivity contribution in [3.8, 4) is 0 Å². The van der Waals surface area contributed by atoms with E-state index in [1.807, 2.05) is 30.3 Å². The van der Waals surface area contributed by atoms with Crippen LogP contribution in [0.3, 0.4) is 0 Å². The van der Waals surface area contributed by atoms with Crippen LogP contribution in [0.4, 0.5) is 0 Å². The van der Waals surface area contributed by atoms with Gasteiger partial charge in [0.1, 0.15) is 6.54 Å². The second-order valence-corrected chi connectivity index (χ2v) is 4.31. The van der Waals surface area contributed by atoms with Crippen LogP contribution in [-0.4, -0.2) is 34.0 Å².